The Hall–Kier alpha value is -3.56. The fourth-order valence-corrected chi connectivity index (χ4v) is 3.71. The lowest BCUT2D eigenvalue weighted by Gasteiger charge is -2.11. The number of hydrogen-bond acceptors (Lipinski definition) is 6. The maximum Gasteiger partial charge on any atom is 0.257 e. The molecule has 0 atom stereocenters. The molecule has 32 heavy (non-hydrogen) atoms. The second-order valence-electron chi connectivity index (χ2n) is 6.66. The summed E-state index contributed by atoms with van der Waals surface area (Å²) in [7, 11) is 0. The number of carbonyl (C=O) groups is 2. The molecule has 0 saturated heterocycles. The van der Waals surface area contributed by atoms with E-state index in [-0.39, 0.29) is 17.6 Å². The SMILES string of the molecule is O=C(CSc1nncn1Cc1ccco1)Nc1ccccc1C(=O)Nc1ccc(Cl)cc1. The maximum atomic E-state index is 12.7. The molecule has 0 aliphatic heterocycles. The molecule has 2 N–H and O–H groups in total. The molecule has 0 saturated carbocycles. The van der Waals surface area contributed by atoms with Crippen molar-refractivity contribution in [3.05, 3.63) is 89.6 Å². The van der Waals surface area contributed by atoms with E-state index in [1.165, 1.54) is 11.8 Å². The monoisotopic (exact) mass is 467 g/mol. The number of aromatic nitrogens is 3. The molecule has 2 aromatic carbocycles. The Kier molecular flexibility index (Phi) is 6.88. The average molecular weight is 468 g/mol. The zero-order valence-corrected chi connectivity index (χ0v) is 18.3. The van der Waals surface area contributed by atoms with Crippen LogP contribution in [0, 0.1) is 0 Å². The quantitative estimate of drug-likeness (QED) is 0.368. The first-order valence-electron chi connectivity index (χ1n) is 9.57. The van der Waals surface area contributed by atoms with Gasteiger partial charge in [0.1, 0.15) is 12.1 Å². The Morgan fingerprint density at radius 2 is 1.84 bits per heavy atom. The minimum atomic E-state index is -0.339. The molecular formula is C22H18ClN5O3S. The largest absolute Gasteiger partial charge is 0.467 e. The zero-order chi connectivity index (χ0) is 22.3. The summed E-state index contributed by atoms with van der Waals surface area (Å²) in [6.45, 7) is 0.470. The van der Waals surface area contributed by atoms with Crippen molar-refractivity contribution in [1.82, 2.24) is 14.8 Å². The molecule has 4 aromatic rings. The minimum Gasteiger partial charge on any atom is -0.467 e. The molecule has 0 spiro atoms. The molecule has 8 nitrogen and oxygen atoms in total. The topological polar surface area (TPSA) is 102 Å². The van der Waals surface area contributed by atoms with Gasteiger partial charge in [-0.15, -0.1) is 10.2 Å². The van der Waals surface area contributed by atoms with Crippen LogP contribution < -0.4 is 10.6 Å². The number of furan rings is 1. The number of anilines is 2. The summed E-state index contributed by atoms with van der Waals surface area (Å²) in [5.41, 5.74) is 1.37. The van der Waals surface area contributed by atoms with E-state index in [1.807, 2.05) is 6.07 Å². The maximum absolute atomic E-state index is 12.7. The molecule has 0 unspecified atom stereocenters. The molecule has 2 amide bonds. The van der Waals surface area contributed by atoms with Crippen molar-refractivity contribution in [1.29, 1.82) is 0 Å². The highest BCUT2D eigenvalue weighted by Crippen LogP contribution is 2.21. The Balaban J connectivity index is 1.37. The van der Waals surface area contributed by atoms with Gasteiger partial charge in [0.25, 0.3) is 5.91 Å². The van der Waals surface area contributed by atoms with E-state index in [0.717, 1.165) is 5.76 Å². The van der Waals surface area contributed by atoms with Crippen molar-refractivity contribution in [3.63, 3.8) is 0 Å². The van der Waals surface area contributed by atoms with Crippen molar-refractivity contribution in [2.75, 3.05) is 16.4 Å². The van der Waals surface area contributed by atoms with Crippen LogP contribution in [0.15, 0.2) is 82.8 Å². The fraction of sp³-hybridized carbons (Fsp3) is 0.0909. The lowest BCUT2D eigenvalue weighted by Crippen LogP contribution is -2.19. The summed E-state index contributed by atoms with van der Waals surface area (Å²) in [4.78, 5) is 25.3. The smallest absolute Gasteiger partial charge is 0.257 e. The molecule has 0 radical (unpaired) electrons. The Bertz CT molecular complexity index is 1210. The van der Waals surface area contributed by atoms with Crippen molar-refractivity contribution in [2.24, 2.45) is 0 Å². The number of amides is 2. The number of benzene rings is 2. The summed E-state index contributed by atoms with van der Waals surface area (Å²) < 4.78 is 7.14. The molecule has 10 heteroatoms. The number of rotatable bonds is 8. The predicted octanol–water partition coefficient (Wildman–Crippen LogP) is 4.56. The molecule has 162 valence electrons. The number of thioether (sulfide) groups is 1. The predicted molar refractivity (Wildman–Crippen MR) is 123 cm³/mol. The number of hydrogen-bond donors (Lipinski definition) is 2. The van der Waals surface area contributed by atoms with E-state index in [1.54, 1.807) is 71.8 Å². The number of carbonyl (C=O) groups excluding carboxylic acids is 2. The van der Waals surface area contributed by atoms with Gasteiger partial charge in [0.15, 0.2) is 5.16 Å². The van der Waals surface area contributed by atoms with Gasteiger partial charge in [-0.1, -0.05) is 35.5 Å². The van der Waals surface area contributed by atoms with Crippen LogP contribution in [0.25, 0.3) is 0 Å². The molecule has 0 bridgehead atoms. The number of para-hydroxylation sites is 1. The van der Waals surface area contributed by atoms with Crippen molar-refractivity contribution in [2.45, 2.75) is 11.7 Å². The van der Waals surface area contributed by atoms with Gasteiger partial charge in [0, 0.05) is 10.7 Å². The van der Waals surface area contributed by atoms with Crippen LogP contribution in [0.5, 0.6) is 0 Å². The minimum absolute atomic E-state index is 0.101. The Morgan fingerprint density at radius 3 is 2.62 bits per heavy atom. The molecule has 0 aliphatic carbocycles. The van der Waals surface area contributed by atoms with E-state index in [0.29, 0.717) is 33.7 Å². The van der Waals surface area contributed by atoms with Gasteiger partial charge < -0.3 is 19.6 Å². The first-order chi connectivity index (χ1) is 15.6. The van der Waals surface area contributed by atoms with Gasteiger partial charge in [-0.05, 0) is 48.5 Å². The third-order valence-corrected chi connectivity index (χ3v) is 5.60. The second-order valence-corrected chi connectivity index (χ2v) is 8.04. The van der Waals surface area contributed by atoms with Crippen LogP contribution in [0.4, 0.5) is 11.4 Å². The lowest BCUT2D eigenvalue weighted by atomic mass is 10.1. The molecule has 0 fully saturated rings. The van der Waals surface area contributed by atoms with Gasteiger partial charge in [0.2, 0.25) is 5.91 Å². The van der Waals surface area contributed by atoms with Crippen molar-refractivity contribution < 1.29 is 14.0 Å². The van der Waals surface area contributed by atoms with Crippen molar-refractivity contribution >= 4 is 46.6 Å². The van der Waals surface area contributed by atoms with Gasteiger partial charge in [-0.2, -0.15) is 0 Å². The highest BCUT2D eigenvalue weighted by Gasteiger charge is 2.15. The third-order valence-electron chi connectivity index (χ3n) is 4.37. The highest BCUT2D eigenvalue weighted by atomic mass is 35.5. The fourth-order valence-electron chi connectivity index (χ4n) is 2.87. The molecule has 2 heterocycles. The number of halogens is 1. The van der Waals surface area contributed by atoms with Gasteiger partial charge in [-0.25, -0.2) is 0 Å². The van der Waals surface area contributed by atoms with Gasteiger partial charge in [-0.3, -0.25) is 9.59 Å². The van der Waals surface area contributed by atoms with Gasteiger partial charge in [0.05, 0.1) is 29.8 Å². The Labute approximate surface area is 193 Å². The van der Waals surface area contributed by atoms with Crippen LogP contribution in [0.3, 0.4) is 0 Å². The van der Waals surface area contributed by atoms with E-state index >= 15 is 0 Å². The first kappa shape index (κ1) is 21.7. The van der Waals surface area contributed by atoms with Crippen LogP contribution in [0.2, 0.25) is 5.02 Å². The summed E-state index contributed by atoms with van der Waals surface area (Å²) in [5, 5.41) is 14.7. The standard InChI is InChI=1S/C22H18ClN5O3S/c23-15-7-9-16(10-8-15)25-21(30)18-5-1-2-6-19(18)26-20(29)13-32-22-27-24-14-28(22)12-17-4-3-11-31-17/h1-11,14H,12-13H2,(H,25,30)(H,26,29). The Morgan fingerprint density at radius 1 is 1.03 bits per heavy atom. The van der Waals surface area contributed by atoms with Gasteiger partial charge >= 0.3 is 0 Å². The number of nitrogens with one attached hydrogen (secondary N) is 2. The van der Waals surface area contributed by atoms with Crippen LogP contribution in [-0.4, -0.2) is 32.3 Å². The van der Waals surface area contributed by atoms with E-state index in [2.05, 4.69) is 20.8 Å². The summed E-state index contributed by atoms with van der Waals surface area (Å²) in [5.74, 6) is 0.254. The summed E-state index contributed by atoms with van der Waals surface area (Å²) in [6, 6.07) is 17.3. The lowest BCUT2D eigenvalue weighted by molar-refractivity contribution is -0.113. The van der Waals surface area contributed by atoms with E-state index < -0.39 is 0 Å². The average Bonchev–Trinajstić information content (AvgIpc) is 3.47. The van der Waals surface area contributed by atoms with Crippen LogP contribution in [-0.2, 0) is 11.3 Å². The molecule has 0 aliphatic rings. The van der Waals surface area contributed by atoms with E-state index in [9.17, 15) is 9.59 Å². The summed E-state index contributed by atoms with van der Waals surface area (Å²) in [6.07, 6.45) is 3.18. The molecular weight excluding hydrogens is 450 g/mol. The van der Waals surface area contributed by atoms with E-state index in [4.69, 9.17) is 16.0 Å². The number of nitrogens with zero attached hydrogens (tertiary/aromatic N) is 3. The highest BCUT2D eigenvalue weighted by molar-refractivity contribution is 7.99. The third kappa shape index (κ3) is 5.57. The first-order valence-corrected chi connectivity index (χ1v) is 10.9. The second kappa shape index (κ2) is 10.2. The van der Waals surface area contributed by atoms with Crippen molar-refractivity contribution in [3.8, 4) is 0 Å². The summed E-state index contributed by atoms with van der Waals surface area (Å²) >= 11 is 7.13. The zero-order valence-electron chi connectivity index (χ0n) is 16.7. The normalized spacial score (nSPS) is 10.7. The van der Waals surface area contributed by atoms with Crippen LogP contribution in [0.1, 0.15) is 16.1 Å². The van der Waals surface area contributed by atoms with Crippen LogP contribution >= 0.6 is 23.4 Å². The molecule has 4 rings (SSSR count). The molecule has 2 aromatic heterocycles.